The smallest absolute Gasteiger partial charge is 0.102 e. The maximum absolute atomic E-state index is 6.34. The van der Waals surface area contributed by atoms with E-state index < -0.39 is 15.1 Å². The van der Waals surface area contributed by atoms with Gasteiger partial charge < -0.3 is 0 Å². The molecule has 0 N–H and O–H groups in total. The number of rotatable bonds is 0. The summed E-state index contributed by atoms with van der Waals surface area (Å²) in [6.07, 6.45) is 0.682. The molecule has 0 spiro atoms. The van der Waals surface area contributed by atoms with Crippen LogP contribution in [0.5, 0.6) is 0 Å². The summed E-state index contributed by atoms with van der Waals surface area (Å²) in [6.45, 7) is 1.98. The second-order valence-electron chi connectivity index (χ2n) is 3.73. The number of hydrogen-bond acceptors (Lipinski definition) is 0. The molecule has 2 aliphatic rings. The average molecular weight is 280 g/mol. The first-order chi connectivity index (χ1) is 5.85. The molecular weight excluding hydrogens is 273 g/mol. The Labute approximate surface area is 102 Å². The third kappa shape index (κ3) is 1.02. The van der Waals surface area contributed by atoms with Gasteiger partial charge in [0, 0.05) is 0 Å². The summed E-state index contributed by atoms with van der Waals surface area (Å²) in [5.74, 6) is 0.157. The van der Waals surface area contributed by atoms with E-state index in [2.05, 4.69) is 0 Å². The van der Waals surface area contributed by atoms with Crippen LogP contribution in [0.1, 0.15) is 13.3 Å². The van der Waals surface area contributed by atoms with E-state index in [0.29, 0.717) is 16.5 Å². The SMILES string of the molecule is C[C@@H]1C[C@]2(Cl)C(Cl)=C(Cl)[C@@]1(Cl)C2Cl. The summed E-state index contributed by atoms with van der Waals surface area (Å²) in [6, 6.07) is 0. The quantitative estimate of drug-likeness (QED) is 0.581. The molecule has 13 heavy (non-hydrogen) atoms. The van der Waals surface area contributed by atoms with Crippen LogP contribution in [-0.2, 0) is 0 Å². The Morgan fingerprint density at radius 1 is 1.23 bits per heavy atom. The summed E-state index contributed by atoms with van der Waals surface area (Å²) < 4.78 is 0. The summed E-state index contributed by atoms with van der Waals surface area (Å²) in [5.41, 5.74) is 0. The van der Waals surface area contributed by atoms with Gasteiger partial charge in [0.25, 0.3) is 0 Å². The lowest BCUT2D eigenvalue weighted by molar-refractivity contribution is 0.515. The molecule has 0 heterocycles. The maximum Gasteiger partial charge on any atom is 0.102 e. The zero-order valence-corrected chi connectivity index (χ0v) is 10.5. The number of alkyl halides is 3. The Balaban J connectivity index is 2.61. The van der Waals surface area contributed by atoms with Gasteiger partial charge in [0.05, 0.1) is 20.3 Å². The number of hydrogen-bond donors (Lipinski definition) is 0. The van der Waals surface area contributed by atoms with Gasteiger partial charge in [0.15, 0.2) is 0 Å². The van der Waals surface area contributed by atoms with E-state index >= 15 is 0 Å². The fraction of sp³-hybridized carbons (Fsp3) is 0.750. The van der Waals surface area contributed by atoms with Crippen molar-refractivity contribution in [2.45, 2.75) is 28.5 Å². The normalized spacial score (nSPS) is 54.9. The predicted molar refractivity (Wildman–Crippen MR) is 59.3 cm³/mol. The molecule has 2 aliphatic carbocycles. The van der Waals surface area contributed by atoms with Crippen molar-refractivity contribution in [3.05, 3.63) is 10.1 Å². The highest BCUT2D eigenvalue weighted by molar-refractivity contribution is 6.55. The summed E-state index contributed by atoms with van der Waals surface area (Å²) in [7, 11) is 0. The Hall–Kier alpha value is 1.19. The Morgan fingerprint density at radius 2 is 1.77 bits per heavy atom. The molecule has 4 atom stereocenters. The standard InChI is InChI=1S/C8H7Cl5/c1-3-2-7(12)4(9)5(10)8(3,13)6(7)11/h3,6H,2H2,1H3/t3-,6?,7+,8-/m1/s1. The van der Waals surface area contributed by atoms with E-state index in [4.69, 9.17) is 58.0 Å². The first kappa shape index (κ1) is 10.7. The van der Waals surface area contributed by atoms with Crippen molar-refractivity contribution in [1.29, 1.82) is 0 Å². The molecule has 0 nitrogen and oxygen atoms in total. The van der Waals surface area contributed by atoms with Crippen LogP contribution in [0.3, 0.4) is 0 Å². The van der Waals surface area contributed by atoms with Crippen LogP contribution in [-0.4, -0.2) is 15.1 Å². The van der Waals surface area contributed by atoms with Crippen LogP contribution in [0.2, 0.25) is 0 Å². The van der Waals surface area contributed by atoms with Crippen LogP contribution in [0, 0.1) is 5.92 Å². The molecule has 0 aromatic carbocycles. The molecule has 0 amide bonds. The average Bonchev–Trinajstić information content (AvgIpc) is 2.31. The second kappa shape index (κ2) is 2.86. The zero-order chi connectivity index (χ0) is 10.0. The van der Waals surface area contributed by atoms with Gasteiger partial charge >= 0.3 is 0 Å². The van der Waals surface area contributed by atoms with Crippen molar-refractivity contribution in [1.82, 2.24) is 0 Å². The molecular formula is C8H7Cl5. The van der Waals surface area contributed by atoms with Crippen molar-refractivity contribution >= 4 is 58.0 Å². The third-order valence-electron chi connectivity index (χ3n) is 2.99. The van der Waals surface area contributed by atoms with Crippen LogP contribution >= 0.6 is 58.0 Å². The molecule has 0 aromatic rings. The van der Waals surface area contributed by atoms with Gasteiger partial charge in [-0.25, -0.2) is 0 Å². The van der Waals surface area contributed by atoms with Crippen molar-refractivity contribution < 1.29 is 0 Å². The number of halogens is 5. The minimum absolute atomic E-state index is 0.157. The van der Waals surface area contributed by atoms with E-state index in [1.807, 2.05) is 6.92 Å². The predicted octanol–water partition coefficient (Wildman–Crippen LogP) is 4.29. The molecule has 0 saturated heterocycles. The third-order valence-corrected chi connectivity index (χ3v) is 6.58. The van der Waals surface area contributed by atoms with Crippen LogP contribution in [0.25, 0.3) is 0 Å². The van der Waals surface area contributed by atoms with E-state index in [0.717, 1.165) is 0 Å². The minimum atomic E-state index is -0.762. The van der Waals surface area contributed by atoms with Crippen LogP contribution in [0.15, 0.2) is 10.1 Å². The molecule has 2 rings (SSSR count). The molecule has 1 saturated carbocycles. The molecule has 1 fully saturated rings. The highest BCUT2D eigenvalue weighted by Gasteiger charge is 2.68. The molecule has 2 bridgehead atoms. The fourth-order valence-corrected chi connectivity index (χ4v) is 4.61. The highest BCUT2D eigenvalue weighted by Crippen LogP contribution is 2.66. The van der Waals surface area contributed by atoms with Gasteiger partial charge in [0.2, 0.25) is 0 Å². The van der Waals surface area contributed by atoms with Gasteiger partial charge in [-0.3, -0.25) is 0 Å². The van der Waals surface area contributed by atoms with Crippen molar-refractivity contribution in [3.63, 3.8) is 0 Å². The zero-order valence-electron chi connectivity index (χ0n) is 6.75. The molecule has 1 unspecified atom stereocenters. The maximum atomic E-state index is 6.34. The van der Waals surface area contributed by atoms with E-state index in [1.165, 1.54) is 0 Å². The van der Waals surface area contributed by atoms with Gasteiger partial charge in [-0.2, -0.15) is 0 Å². The lowest BCUT2D eigenvalue weighted by Gasteiger charge is -2.27. The van der Waals surface area contributed by atoms with Crippen molar-refractivity contribution in [2.24, 2.45) is 5.92 Å². The summed E-state index contributed by atoms with van der Waals surface area (Å²) in [4.78, 5) is -1.51. The van der Waals surface area contributed by atoms with Gasteiger partial charge in [-0.1, -0.05) is 30.1 Å². The number of fused-ring (bicyclic) bond motifs is 2. The van der Waals surface area contributed by atoms with Crippen LogP contribution < -0.4 is 0 Å². The summed E-state index contributed by atoms with van der Waals surface area (Å²) >= 11 is 30.8. The summed E-state index contributed by atoms with van der Waals surface area (Å²) in [5, 5.41) is 0.423. The Morgan fingerprint density at radius 3 is 2.08 bits per heavy atom. The van der Waals surface area contributed by atoms with E-state index in [-0.39, 0.29) is 5.92 Å². The van der Waals surface area contributed by atoms with Crippen molar-refractivity contribution in [3.8, 4) is 0 Å². The van der Waals surface area contributed by atoms with Gasteiger partial charge in [-0.15, -0.1) is 34.8 Å². The Bertz CT molecular complexity index is 299. The fourth-order valence-electron chi connectivity index (χ4n) is 2.16. The second-order valence-corrected chi connectivity index (χ2v) is 6.22. The monoisotopic (exact) mass is 278 g/mol. The minimum Gasteiger partial charge on any atom is -0.118 e. The molecule has 74 valence electrons. The van der Waals surface area contributed by atoms with Gasteiger partial charge in [-0.05, 0) is 12.3 Å². The lowest BCUT2D eigenvalue weighted by Crippen LogP contribution is -2.33. The Kier molecular flexibility index (Phi) is 2.35. The molecule has 0 aromatic heterocycles. The van der Waals surface area contributed by atoms with E-state index in [1.54, 1.807) is 0 Å². The van der Waals surface area contributed by atoms with Crippen molar-refractivity contribution in [2.75, 3.05) is 0 Å². The number of allylic oxidation sites excluding steroid dienone is 2. The highest BCUT2D eigenvalue weighted by atomic mass is 35.5. The molecule has 5 heteroatoms. The lowest BCUT2D eigenvalue weighted by atomic mass is 9.94. The van der Waals surface area contributed by atoms with Crippen LogP contribution in [0.4, 0.5) is 0 Å². The molecule has 0 radical (unpaired) electrons. The van der Waals surface area contributed by atoms with Gasteiger partial charge in [0.1, 0.15) is 4.87 Å². The largest absolute Gasteiger partial charge is 0.118 e. The molecule has 0 aliphatic heterocycles. The topological polar surface area (TPSA) is 0 Å². The van der Waals surface area contributed by atoms with E-state index in [9.17, 15) is 0 Å². The first-order valence-electron chi connectivity index (χ1n) is 3.93. The first-order valence-corrected chi connectivity index (χ1v) is 5.88.